The maximum Gasteiger partial charge on any atom is 0.323 e. The molecule has 2 aromatic heterocycles. The number of aromatic nitrogens is 4. The number of carbonyl (C=O) groups excluding carboxylic acids is 1. The molecule has 2 atom stereocenters. The first-order chi connectivity index (χ1) is 19.9. The highest BCUT2D eigenvalue weighted by molar-refractivity contribution is 6.00. The van der Waals surface area contributed by atoms with E-state index >= 15 is 0 Å². The molecule has 2 amide bonds. The predicted molar refractivity (Wildman–Crippen MR) is 160 cm³/mol. The van der Waals surface area contributed by atoms with Gasteiger partial charge in [-0.25, -0.2) is 19.4 Å². The highest BCUT2D eigenvalue weighted by Crippen LogP contribution is 2.33. The van der Waals surface area contributed by atoms with E-state index in [0.717, 1.165) is 67.2 Å². The predicted octanol–water partition coefficient (Wildman–Crippen LogP) is 4.47. The molecule has 2 unspecified atom stereocenters. The second kappa shape index (κ2) is 11.7. The summed E-state index contributed by atoms with van der Waals surface area (Å²) in [6.07, 6.45) is 4.55. The van der Waals surface area contributed by atoms with Gasteiger partial charge in [0, 0.05) is 43.1 Å². The van der Waals surface area contributed by atoms with Crippen molar-refractivity contribution < 1.29 is 14.3 Å². The summed E-state index contributed by atoms with van der Waals surface area (Å²) >= 11 is 0. The van der Waals surface area contributed by atoms with Crippen LogP contribution >= 0.6 is 0 Å². The van der Waals surface area contributed by atoms with Gasteiger partial charge in [0.25, 0.3) is 0 Å². The Balaban J connectivity index is 1.14. The SMILES string of the molecule is CCn1ncc2c(N3CC4CCC(C3)O4)nc(-c3ccc(NC(=O)Nc4ccc(OCCN(C)C)cc4)cc3)nc21. The number of urea groups is 1. The quantitative estimate of drug-likeness (QED) is 0.311. The molecule has 4 heterocycles. The van der Waals surface area contributed by atoms with Gasteiger partial charge in [-0.3, -0.25) is 0 Å². The molecule has 2 bridgehead atoms. The first-order valence-corrected chi connectivity index (χ1v) is 14.1. The van der Waals surface area contributed by atoms with Crippen molar-refractivity contribution in [1.82, 2.24) is 24.6 Å². The Hall–Kier alpha value is -4.22. The molecule has 4 aromatic rings. The third-order valence-corrected chi connectivity index (χ3v) is 7.44. The fourth-order valence-electron chi connectivity index (χ4n) is 5.31. The van der Waals surface area contributed by atoms with Crippen LogP contribution in [-0.2, 0) is 11.3 Å². The number of anilines is 3. The molecule has 41 heavy (non-hydrogen) atoms. The van der Waals surface area contributed by atoms with Crippen molar-refractivity contribution in [2.24, 2.45) is 0 Å². The van der Waals surface area contributed by atoms with E-state index in [1.165, 1.54) is 0 Å². The molecule has 2 aliphatic rings. The summed E-state index contributed by atoms with van der Waals surface area (Å²) in [7, 11) is 4.01. The minimum Gasteiger partial charge on any atom is -0.492 e. The lowest BCUT2D eigenvalue weighted by molar-refractivity contribution is 0.0303. The molecule has 11 heteroatoms. The van der Waals surface area contributed by atoms with Crippen LogP contribution < -0.4 is 20.3 Å². The number of hydrogen-bond donors (Lipinski definition) is 2. The van der Waals surface area contributed by atoms with Crippen LogP contribution in [0.2, 0.25) is 0 Å². The summed E-state index contributed by atoms with van der Waals surface area (Å²) in [4.78, 5) is 26.9. The number of benzene rings is 2. The van der Waals surface area contributed by atoms with Crippen molar-refractivity contribution in [3.63, 3.8) is 0 Å². The molecule has 0 aliphatic carbocycles. The summed E-state index contributed by atoms with van der Waals surface area (Å²) in [5.74, 6) is 2.30. The van der Waals surface area contributed by atoms with Gasteiger partial charge in [-0.15, -0.1) is 0 Å². The molecule has 2 N–H and O–H groups in total. The molecule has 2 aliphatic heterocycles. The third kappa shape index (κ3) is 6.10. The topological polar surface area (TPSA) is 110 Å². The van der Waals surface area contributed by atoms with Crippen molar-refractivity contribution in [1.29, 1.82) is 0 Å². The highest BCUT2D eigenvalue weighted by atomic mass is 16.5. The first kappa shape index (κ1) is 27.0. The van der Waals surface area contributed by atoms with Gasteiger partial charge in [-0.1, -0.05) is 0 Å². The van der Waals surface area contributed by atoms with Gasteiger partial charge in [0.2, 0.25) is 0 Å². The molecular formula is C30H36N8O3. The van der Waals surface area contributed by atoms with E-state index in [0.29, 0.717) is 23.8 Å². The molecule has 214 valence electrons. The molecule has 0 saturated carbocycles. The molecule has 2 fully saturated rings. The van der Waals surface area contributed by atoms with Gasteiger partial charge < -0.3 is 29.9 Å². The van der Waals surface area contributed by atoms with Crippen LogP contribution in [-0.4, -0.2) is 83.2 Å². The number of likely N-dealkylation sites (N-methyl/N-ethyl adjacent to an activating group) is 1. The van der Waals surface area contributed by atoms with Crippen LogP contribution in [0.5, 0.6) is 5.75 Å². The summed E-state index contributed by atoms with van der Waals surface area (Å²) in [6.45, 7) is 5.86. The maximum atomic E-state index is 12.6. The molecule has 0 radical (unpaired) electrons. The summed E-state index contributed by atoms with van der Waals surface area (Å²) in [5.41, 5.74) is 3.03. The van der Waals surface area contributed by atoms with Gasteiger partial charge >= 0.3 is 6.03 Å². The Labute approximate surface area is 239 Å². The highest BCUT2D eigenvalue weighted by Gasteiger charge is 2.35. The largest absolute Gasteiger partial charge is 0.492 e. The second-order valence-electron chi connectivity index (χ2n) is 10.8. The third-order valence-electron chi connectivity index (χ3n) is 7.44. The van der Waals surface area contributed by atoms with Crippen LogP contribution in [0.25, 0.3) is 22.4 Å². The Morgan fingerprint density at radius 2 is 1.66 bits per heavy atom. The Morgan fingerprint density at radius 3 is 2.29 bits per heavy atom. The first-order valence-electron chi connectivity index (χ1n) is 14.1. The standard InChI is InChI=1S/C30H36N8O3/c1-4-38-29-26(17-31-38)28(37-18-24-13-14-25(19-37)41-24)34-27(35-29)20-5-7-21(8-6-20)32-30(39)33-22-9-11-23(12-10-22)40-16-15-36(2)3/h5-12,17,24-25H,4,13-16,18-19H2,1-3H3,(H2,32,33,39). The number of aryl methyl sites for hydroxylation is 1. The molecule has 6 rings (SSSR count). The van der Waals surface area contributed by atoms with Gasteiger partial charge in [-0.2, -0.15) is 5.10 Å². The molecule has 2 saturated heterocycles. The lowest BCUT2D eigenvalue weighted by Crippen LogP contribution is -2.43. The fraction of sp³-hybridized carbons (Fsp3) is 0.400. The van der Waals surface area contributed by atoms with Gasteiger partial charge in [0.1, 0.15) is 18.2 Å². The zero-order valence-electron chi connectivity index (χ0n) is 23.7. The number of carbonyl (C=O) groups is 1. The number of hydrogen-bond acceptors (Lipinski definition) is 8. The van der Waals surface area contributed by atoms with Gasteiger partial charge in [0.15, 0.2) is 11.5 Å². The smallest absolute Gasteiger partial charge is 0.323 e. The van der Waals surface area contributed by atoms with Crippen molar-refractivity contribution in [3.8, 4) is 17.1 Å². The average molecular weight is 557 g/mol. The number of rotatable bonds is 9. The van der Waals surface area contributed by atoms with Crippen LogP contribution in [0.15, 0.2) is 54.7 Å². The summed E-state index contributed by atoms with van der Waals surface area (Å²) in [5, 5.41) is 11.3. The van der Waals surface area contributed by atoms with Crippen molar-refractivity contribution in [3.05, 3.63) is 54.7 Å². The summed E-state index contributed by atoms with van der Waals surface area (Å²) in [6, 6.07) is 14.6. The van der Waals surface area contributed by atoms with Gasteiger partial charge in [-0.05, 0) is 82.4 Å². The maximum absolute atomic E-state index is 12.6. The van der Waals surface area contributed by atoms with E-state index < -0.39 is 0 Å². The fourth-order valence-corrected chi connectivity index (χ4v) is 5.31. The van der Waals surface area contributed by atoms with Crippen LogP contribution in [0, 0.1) is 0 Å². The number of nitrogens with one attached hydrogen (secondary N) is 2. The minimum atomic E-state index is -0.326. The van der Waals surface area contributed by atoms with Crippen LogP contribution in [0.1, 0.15) is 19.8 Å². The number of amides is 2. The Bertz CT molecular complexity index is 1490. The van der Waals surface area contributed by atoms with E-state index in [1.807, 2.05) is 73.5 Å². The van der Waals surface area contributed by atoms with Gasteiger partial charge in [0.05, 0.1) is 23.8 Å². The Kier molecular flexibility index (Phi) is 7.71. The molecule has 2 aromatic carbocycles. The lowest BCUT2D eigenvalue weighted by Gasteiger charge is -2.33. The molecular weight excluding hydrogens is 520 g/mol. The van der Waals surface area contributed by atoms with E-state index in [1.54, 1.807) is 0 Å². The zero-order valence-corrected chi connectivity index (χ0v) is 23.7. The zero-order chi connectivity index (χ0) is 28.3. The van der Waals surface area contributed by atoms with Crippen LogP contribution in [0.4, 0.5) is 22.0 Å². The molecule has 11 nitrogen and oxygen atoms in total. The van der Waals surface area contributed by atoms with Crippen molar-refractivity contribution >= 4 is 34.3 Å². The number of fused-ring (bicyclic) bond motifs is 3. The lowest BCUT2D eigenvalue weighted by atomic mass is 10.2. The van der Waals surface area contributed by atoms with Crippen molar-refractivity contribution in [2.75, 3.05) is 55.9 Å². The Morgan fingerprint density at radius 1 is 1.00 bits per heavy atom. The van der Waals surface area contributed by atoms with Crippen LogP contribution in [0.3, 0.4) is 0 Å². The minimum absolute atomic E-state index is 0.249. The van der Waals surface area contributed by atoms with E-state index in [-0.39, 0.29) is 18.2 Å². The monoisotopic (exact) mass is 556 g/mol. The van der Waals surface area contributed by atoms with E-state index in [4.69, 9.17) is 19.4 Å². The second-order valence-corrected chi connectivity index (χ2v) is 10.8. The number of ether oxygens (including phenoxy) is 2. The normalized spacial score (nSPS) is 18.2. The summed E-state index contributed by atoms with van der Waals surface area (Å²) < 4.78 is 13.7. The number of nitrogens with zero attached hydrogens (tertiary/aromatic N) is 6. The average Bonchev–Trinajstić information content (AvgIpc) is 3.55. The van der Waals surface area contributed by atoms with E-state index in [2.05, 4.69) is 32.5 Å². The molecule has 0 spiro atoms. The van der Waals surface area contributed by atoms with E-state index in [9.17, 15) is 4.79 Å². The number of morpholine rings is 1. The van der Waals surface area contributed by atoms with Crippen molar-refractivity contribution in [2.45, 2.75) is 38.5 Å².